The van der Waals surface area contributed by atoms with Crippen molar-refractivity contribution in [1.29, 1.82) is 0 Å². The summed E-state index contributed by atoms with van der Waals surface area (Å²) < 4.78 is 6.66. The van der Waals surface area contributed by atoms with Gasteiger partial charge in [-0.3, -0.25) is 0 Å². The number of likely N-dealkylation sites (tertiary alicyclic amines) is 1. The molecular weight excluding hydrogens is 288 g/mol. The van der Waals surface area contributed by atoms with Gasteiger partial charge in [0.25, 0.3) is 0 Å². The molecule has 2 aromatic heterocycles. The molecule has 0 aliphatic carbocycles. The average molecular weight is 311 g/mol. The quantitative estimate of drug-likeness (QED) is 0.737. The van der Waals surface area contributed by atoms with E-state index in [2.05, 4.69) is 43.3 Å². The number of benzene rings is 1. The van der Waals surface area contributed by atoms with Crippen molar-refractivity contribution in [2.45, 2.75) is 25.7 Å². The molecule has 3 heterocycles. The van der Waals surface area contributed by atoms with Gasteiger partial charge in [0.15, 0.2) is 0 Å². The van der Waals surface area contributed by atoms with Crippen molar-refractivity contribution in [3.05, 3.63) is 35.9 Å². The van der Waals surface area contributed by atoms with Crippen molar-refractivity contribution >= 4 is 10.9 Å². The zero-order valence-corrected chi connectivity index (χ0v) is 14.0. The number of piperidine rings is 1. The van der Waals surface area contributed by atoms with Gasteiger partial charge in [-0.1, -0.05) is 23.4 Å². The first kappa shape index (κ1) is 14.5. The lowest BCUT2D eigenvalue weighted by Crippen LogP contribution is -2.46. The Balaban J connectivity index is 1.71. The third-order valence-corrected chi connectivity index (χ3v) is 4.94. The molecule has 120 valence electrons. The molecule has 1 unspecified atom stereocenters. The number of nitrogens with one attached hydrogen (secondary N) is 1. The lowest BCUT2D eigenvalue weighted by molar-refractivity contribution is -0.896. The van der Waals surface area contributed by atoms with E-state index in [4.69, 9.17) is 9.51 Å². The maximum atomic E-state index is 5.64. The molecule has 1 fully saturated rings. The summed E-state index contributed by atoms with van der Waals surface area (Å²) in [5.74, 6) is 1.85. The monoisotopic (exact) mass is 311 g/mol. The van der Waals surface area contributed by atoms with Gasteiger partial charge in [0.1, 0.15) is 0 Å². The minimum atomic E-state index is 0.366. The maximum absolute atomic E-state index is 5.64. The molecule has 0 amide bonds. The molecular formula is C18H23N4O+. The summed E-state index contributed by atoms with van der Waals surface area (Å²) in [6, 6.07) is 8.26. The van der Waals surface area contributed by atoms with Gasteiger partial charge in [0.05, 0.1) is 38.7 Å². The van der Waals surface area contributed by atoms with Crippen LogP contribution in [0.3, 0.4) is 0 Å². The number of hydrogen-bond donors (Lipinski definition) is 1. The number of fused-ring (bicyclic) bond motifs is 1. The largest absolute Gasteiger partial charge is 0.358 e. The third kappa shape index (κ3) is 2.55. The Kier molecular flexibility index (Phi) is 3.27. The van der Waals surface area contributed by atoms with Crippen LogP contribution in [0.15, 0.2) is 28.8 Å². The van der Waals surface area contributed by atoms with E-state index in [1.54, 1.807) is 0 Å². The highest BCUT2D eigenvalue weighted by atomic mass is 16.5. The molecule has 0 spiro atoms. The first-order valence-electron chi connectivity index (χ1n) is 8.27. The van der Waals surface area contributed by atoms with Crippen LogP contribution in [0.1, 0.15) is 30.3 Å². The fourth-order valence-electron chi connectivity index (χ4n) is 3.81. The lowest BCUT2D eigenvalue weighted by Gasteiger charge is -2.36. The highest BCUT2D eigenvalue weighted by Gasteiger charge is 2.32. The van der Waals surface area contributed by atoms with Crippen molar-refractivity contribution in [3.63, 3.8) is 0 Å². The zero-order chi connectivity index (χ0) is 16.0. The van der Waals surface area contributed by atoms with Crippen LogP contribution in [0.2, 0.25) is 0 Å². The van der Waals surface area contributed by atoms with Gasteiger partial charge in [-0.05, 0) is 25.8 Å². The Morgan fingerprint density at radius 3 is 2.91 bits per heavy atom. The number of nitrogens with zero attached hydrogens (tertiary/aromatic N) is 3. The second kappa shape index (κ2) is 5.20. The van der Waals surface area contributed by atoms with Crippen LogP contribution in [0, 0.1) is 6.92 Å². The van der Waals surface area contributed by atoms with Crippen molar-refractivity contribution in [2.75, 3.05) is 27.2 Å². The number of aryl methyl sites for hydroxylation is 1. The average Bonchev–Trinajstić information content (AvgIpc) is 3.09. The van der Waals surface area contributed by atoms with Gasteiger partial charge in [0.2, 0.25) is 11.7 Å². The van der Waals surface area contributed by atoms with Crippen molar-refractivity contribution < 1.29 is 9.01 Å². The van der Waals surface area contributed by atoms with Crippen LogP contribution in [0.25, 0.3) is 22.3 Å². The molecule has 1 saturated heterocycles. The topological polar surface area (TPSA) is 54.7 Å². The minimum Gasteiger partial charge on any atom is -0.358 e. The highest BCUT2D eigenvalue weighted by molar-refractivity contribution is 5.95. The number of rotatable bonds is 2. The SMILES string of the molecule is Cc1[nH]c2ccccc2c1-c1noc(C2CCC[N+](C)(C)C2)n1. The number of aromatic amines is 1. The molecule has 1 aromatic carbocycles. The standard InChI is InChI=1S/C18H23N4O/c1-12-16(14-8-4-5-9-15(14)19-12)17-20-18(23-21-17)13-7-6-10-22(2,3)11-13/h4-5,8-9,13,19H,6-7,10-11H2,1-3H3/q+1. The molecule has 0 radical (unpaired) electrons. The molecule has 4 rings (SSSR count). The minimum absolute atomic E-state index is 0.366. The van der Waals surface area contributed by atoms with Gasteiger partial charge in [0, 0.05) is 16.6 Å². The zero-order valence-electron chi connectivity index (χ0n) is 14.0. The number of quaternary nitrogens is 1. The Labute approximate surface area is 135 Å². The fraction of sp³-hybridized carbons (Fsp3) is 0.444. The number of H-pyrrole nitrogens is 1. The van der Waals surface area contributed by atoms with E-state index in [1.807, 2.05) is 12.1 Å². The Morgan fingerprint density at radius 1 is 1.26 bits per heavy atom. The number of para-hydroxylation sites is 1. The van der Waals surface area contributed by atoms with E-state index in [9.17, 15) is 0 Å². The fourth-order valence-corrected chi connectivity index (χ4v) is 3.81. The molecule has 0 saturated carbocycles. The predicted octanol–water partition coefficient (Wildman–Crippen LogP) is 3.48. The summed E-state index contributed by atoms with van der Waals surface area (Å²) in [5, 5.41) is 5.43. The summed E-state index contributed by atoms with van der Waals surface area (Å²) in [4.78, 5) is 8.15. The van der Waals surface area contributed by atoms with Crippen LogP contribution in [0.4, 0.5) is 0 Å². The van der Waals surface area contributed by atoms with Gasteiger partial charge < -0.3 is 14.0 Å². The second-order valence-electron chi connectivity index (χ2n) is 7.31. The van der Waals surface area contributed by atoms with E-state index in [-0.39, 0.29) is 0 Å². The normalized spacial score (nSPS) is 20.9. The van der Waals surface area contributed by atoms with Crippen LogP contribution in [-0.4, -0.2) is 46.8 Å². The Morgan fingerprint density at radius 2 is 2.09 bits per heavy atom. The summed E-state index contributed by atoms with van der Waals surface area (Å²) in [5.41, 5.74) is 3.25. The van der Waals surface area contributed by atoms with Crippen molar-refractivity contribution in [3.8, 4) is 11.4 Å². The van der Waals surface area contributed by atoms with E-state index < -0.39 is 0 Å². The molecule has 0 bridgehead atoms. The number of aromatic nitrogens is 3. The van der Waals surface area contributed by atoms with Crippen molar-refractivity contribution in [2.24, 2.45) is 0 Å². The lowest BCUT2D eigenvalue weighted by atomic mass is 9.97. The molecule has 1 atom stereocenters. The van der Waals surface area contributed by atoms with Crippen LogP contribution in [0.5, 0.6) is 0 Å². The van der Waals surface area contributed by atoms with Crippen LogP contribution >= 0.6 is 0 Å². The summed E-state index contributed by atoms with van der Waals surface area (Å²) >= 11 is 0. The highest BCUT2D eigenvalue weighted by Crippen LogP contribution is 2.33. The molecule has 5 nitrogen and oxygen atoms in total. The molecule has 5 heteroatoms. The van der Waals surface area contributed by atoms with E-state index in [1.165, 1.54) is 13.0 Å². The van der Waals surface area contributed by atoms with Gasteiger partial charge in [-0.15, -0.1) is 0 Å². The van der Waals surface area contributed by atoms with E-state index >= 15 is 0 Å². The first-order chi connectivity index (χ1) is 11.0. The van der Waals surface area contributed by atoms with Crippen molar-refractivity contribution in [1.82, 2.24) is 15.1 Å². The van der Waals surface area contributed by atoms with Gasteiger partial charge in [-0.2, -0.15) is 4.98 Å². The molecule has 1 aliphatic rings. The summed E-state index contributed by atoms with van der Waals surface area (Å²) in [6.45, 7) is 4.35. The number of likely N-dealkylation sites (N-methyl/N-ethyl adjacent to an activating group) is 1. The Hall–Kier alpha value is -2.14. The first-order valence-corrected chi connectivity index (χ1v) is 8.27. The van der Waals surface area contributed by atoms with E-state index in [0.29, 0.717) is 11.7 Å². The van der Waals surface area contributed by atoms with Crippen LogP contribution < -0.4 is 0 Å². The molecule has 1 aliphatic heterocycles. The molecule has 23 heavy (non-hydrogen) atoms. The third-order valence-electron chi connectivity index (χ3n) is 4.94. The van der Waals surface area contributed by atoms with Gasteiger partial charge >= 0.3 is 0 Å². The molecule has 1 N–H and O–H groups in total. The maximum Gasteiger partial charge on any atom is 0.235 e. The smallest absolute Gasteiger partial charge is 0.235 e. The van der Waals surface area contributed by atoms with E-state index in [0.717, 1.165) is 45.5 Å². The second-order valence-corrected chi connectivity index (χ2v) is 7.31. The number of hydrogen-bond acceptors (Lipinski definition) is 3. The Bertz CT molecular complexity index is 846. The summed E-state index contributed by atoms with van der Waals surface area (Å²) in [7, 11) is 4.54. The summed E-state index contributed by atoms with van der Waals surface area (Å²) in [6.07, 6.45) is 2.34. The molecule has 3 aromatic rings. The predicted molar refractivity (Wildman–Crippen MR) is 90.1 cm³/mol. The van der Waals surface area contributed by atoms with Gasteiger partial charge in [-0.25, -0.2) is 0 Å². The van der Waals surface area contributed by atoms with Crippen LogP contribution in [-0.2, 0) is 0 Å².